The summed E-state index contributed by atoms with van der Waals surface area (Å²) in [5, 5.41) is 8.99. The van der Waals surface area contributed by atoms with E-state index in [0.717, 1.165) is 48.5 Å². The van der Waals surface area contributed by atoms with Crippen molar-refractivity contribution in [2.75, 3.05) is 33.8 Å². The summed E-state index contributed by atoms with van der Waals surface area (Å²) < 4.78 is 7.02. The van der Waals surface area contributed by atoms with Crippen molar-refractivity contribution >= 4 is 5.52 Å². The number of hydrogen-bond acceptors (Lipinski definition) is 7. The molecule has 1 fully saturated rings. The van der Waals surface area contributed by atoms with Crippen molar-refractivity contribution in [3.8, 4) is 17.0 Å². The summed E-state index contributed by atoms with van der Waals surface area (Å²) in [6.07, 6.45) is 7.57. The number of likely N-dealkylation sites (N-methyl/N-ethyl adjacent to an activating group) is 1. The van der Waals surface area contributed by atoms with Gasteiger partial charge < -0.3 is 4.74 Å². The van der Waals surface area contributed by atoms with E-state index >= 15 is 0 Å². The lowest BCUT2D eigenvalue weighted by molar-refractivity contribution is 0.0889. The van der Waals surface area contributed by atoms with Crippen molar-refractivity contribution in [1.29, 1.82) is 0 Å². The van der Waals surface area contributed by atoms with Gasteiger partial charge >= 0.3 is 0 Å². The number of pyridine rings is 3. The van der Waals surface area contributed by atoms with Gasteiger partial charge in [0.15, 0.2) is 0 Å². The highest BCUT2D eigenvalue weighted by molar-refractivity contribution is 5.66. The fraction of sp³-hybridized carbons (Fsp3) is 0.304. The number of ether oxygens (including phenoxy) is 1. The van der Waals surface area contributed by atoms with E-state index < -0.39 is 0 Å². The SMILES string of the molecule is COc1ccc(-c2ccc3c([C@H]4CN(Cc5cccnc5)CCN4C)nnn3c2)cn1. The molecule has 5 rings (SSSR count). The molecule has 0 radical (unpaired) electrons. The molecule has 1 saturated heterocycles. The average Bonchev–Trinajstić information content (AvgIpc) is 3.24. The third-order valence-corrected chi connectivity index (χ3v) is 5.90. The van der Waals surface area contributed by atoms with Crippen LogP contribution in [0, 0.1) is 0 Å². The van der Waals surface area contributed by atoms with Gasteiger partial charge in [0, 0.05) is 68.2 Å². The lowest BCUT2D eigenvalue weighted by atomic mass is 10.1. The molecule has 0 saturated carbocycles. The Morgan fingerprint density at radius 1 is 1.06 bits per heavy atom. The molecule has 0 N–H and O–H groups in total. The number of aromatic nitrogens is 5. The largest absolute Gasteiger partial charge is 0.481 e. The summed E-state index contributed by atoms with van der Waals surface area (Å²) in [6, 6.07) is 12.4. The van der Waals surface area contributed by atoms with Crippen molar-refractivity contribution < 1.29 is 4.74 Å². The van der Waals surface area contributed by atoms with E-state index in [9.17, 15) is 0 Å². The molecule has 1 aliphatic heterocycles. The van der Waals surface area contributed by atoms with E-state index in [1.807, 2.05) is 47.5 Å². The van der Waals surface area contributed by atoms with Crippen LogP contribution in [0.4, 0.5) is 0 Å². The van der Waals surface area contributed by atoms with Crippen LogP contribution in [0.3, 0.4) is 0 Å². The second-order valence-corrected chi connectivity index (χ2v) is 7.90. The molecule has 0 aromatic carbocycles. The molecule has 8 nitrogen and oxygen atoms in total. The number of piperazine rings is 1. The zero-order valence-electron chi connectivity index (χ0n) is 17.7. The summed E-state index contributed by atoms with van der Waals surface area (Å²) in [5.74, 6) is 0.601. The minimum absolute atomic E-state index is 0.191. The van der Waals surface area contributed by atoms with Crippen LogP contribution in [0.2, 0.25) is 0 Å². The van der Waals surface area contributed by atoms with E-state index in [0.29, 0.717) is 5.88 Å². The first-order chi connectivity index (χ1) is 15.2. The lowest BCUT2D eigenvalue weighted by Gasteiger charge is -2.38. The third-order valence-electron chi connectivity index (χ3n) is 5.90. The molecule has 8 heteroatoms. The second kappa shape index (κ2) is 8.41. The van der Waals surface area contributed by atoms with E-state index in [1.165, 1.54) is 5.56 Å². The maximum absolute atomic E-state index is 5.15. The standard InChI is InChI=1S/C23H25N7O/c1-28-10-11-29(14-17-4-3-9-24-12-17)16-21(28)23-20-7-5-19(15-30(20)27-26-23)18-6-8-22(31-2)25-13-18/h3-9,12-13,15,21H,10-11,14,16H2,1-2H3/t21-/m1/s1. The zero-order valence-corrected chi connectivity index (χ0v) is 17.7. The van der Waals surface area contributed by atoms with Crippen LogP contribution < -0.4 is 4.74 Å². The molecule has 31 heavy (non-hydrogen) atoms. The van der Waals surface area contributed by atoms with E-state index in [1.54, 1.807) is 7.11 Å². The van der Waals surface area contributed by atoms with Crippen molar-refractivity contribution in [2.24, 2.45) is 0 Å². The van der Waals surface area contributed by atoms with Crippen LogP contribution in [0.15, 0.2) is 61.2 Å². The summed E-state index contributed by atoms with van der Waals surface area (Å²) in [7, 11) is 3.78. The first-order valence-electron chi connectivity index (χ1n) is 10.4. The van der Waals surface area contributed by atoms with Crippen molar-refractivity contribution in [3.63, 3.8) is 0 Å². The molecule has 0 bridgehead atoms. The Kier molecular flexibility index (Phi) is 5.31. The van der Waals surface area contributed by atoms with Gasteiger partial charge in [-0.15, -0.1) is 5.10 Å². The molecular weight excluding hydrogens is 390 g/mol. The zero-order chi connectivity index (χ0) is 21.2. The molecule has 5 heterocycles. The Balaban J connectivity index is 1.39. The topological polar surface area (TPSA) is 71.7 Å². The van der Waals surface area contributed by atoms with Crippen LogP contribution in [-0.2, 0) is 6.54 Å². The quantitative estimate of drug-likeness (QED) is 0.496. The molecule has 4 aromatic heterocycles. The maximum Gasteiger partial charge on any atom is 0.212 e. The van der Waals surface area contributed by atoms with Crippen LogP contribution in [-0.4, -0.2) is 68.4 Å². The summed E-state index contributed by atoms with van der Waals surface area (Å²) in [5.41, 5.74) is 5.32. The third kappa shape index (κ3) is 3.99. The molecule has 0 amide bonds. The minimum atomic E-state index is 0.191. The van der Waals surface area contributed by atoms with Crippen molar-refractivity contribution in [1.82, 2.24) is 34.6 Å². The van der Waals surface area contributed by atoms with Gasteiger partial charge in [0.1, 0.15) is 5.69 Å². The normalized spacial score (nSPS) is 17.8. The number of methoxy groups -OCH3 is 1. The number of nitrogens with zero attached hydrogens (tertiary/aromatic N) is 7. The molecule has 4 aromatic rings. The van der Waals surface area contributed by atoms with E-state index in [2.05, 4.69) is 55.3 Å². The minimum Gasteiger partial charge on any atom is -0.481 e. The predicted octanol–water partition coefficient (Wildman–Crippen LogP) is 2.68. The molecule has 0 aliphatic carbocycles. The first kappa shape index (κ1) is 19.6. The monoisotopic (exact) mass is 415 g/mol. The highest BCUT2D eigenvalue weighted by Crippen LogP contribution is 2.28. The number of hydrogen-bond donors (Lipinski definition) is 0. The first-order valence-corrected chi connectivity index (χ1v) is 10.4. The number of fused-ring (bicyclic) bond motifs is 1. The van der Waals surface area contributed by atoms with Crippen LogP contribution in [0.25, 0.3) is 16.6 Å². The number of rotatable bonds is 5. The fourth-order valence-corrected chi connectivity index (χ4v) is 4.11. The van der Waals surface area contributed by atoms with Gasteiger partial charge in [-0.3, -0.25) is 14.8 Å². The summed E-state index contributed by atoms with van der Waals surface area (Å²) in [6.45, 7) is 3.81. The van der Waals surface area contributed by atoms with Crippen LogP contribution >= 0.6 is 0 Å². The Morgan fingerprint density at radius 3 is 2.74 bits per heavy atom. The smallest absolute Gasteiger partial charge is 0.212 e. The second-order valence-electron chi connectivity index (χ2n) is 7.90. The van der Waals surface area contributed by atoms with Gasteiger partial charge in [-0.2, -0.15) is 0 Å². The highest BCUT2D eigenvalue weighted by atomic mass is 16.5. The average molecular weight is 416 g/mol. The maximum atomic E-state index is 5.15. The van der Waals surface area contributed by atoms with Gasteiger partial charge in [-0.05, 0) is 30.8 Å². The van der Waals surface area contributed by atoms with E-state index in [4.69, 9.17) is 4.74 Å². The summed E-state index contributed by atoms with van der Waals surface area (Å²) in [4.78, 5) is 13.4. The Bertz CT molecular complexity index is 1160. The lowest BCUT2D eigenvalue weighted by Crippen LogP contribution is -2.46. The molecular formula is C23H25N7O. The van der Waals surface area contributed by atoms with Crippen molar-refractivity contribution in [2.45, 2.75) is 12.6 Å². The summed E-state index contributed by atoms with van der Waals surface area (Å²) >= 11 is 0. The Morgan fingerprint density at radius 2 is 1.97 bits per heavy atom. The van der Waals surface area contributed by atoms with Crippen molar-refractivity contribution in [3.05, 3.63) is 72.4 Å². The van der Waals surface area contributed by atoms with Gasteiger partial charge in [0.05, 0.1) is 18.7 Å². The van der Waals surface area contributed by atoms with Gasteiger partial charge in [-0.1, -0.05) is 17.3 Å². The molecule has 0 spiro atoms. The molecule has 158 valence electrons. The highest BCUT2D eigenvalue weighted by Gasteiger charge is 2.29. The van der Waals surface area contributed by atoms with Gasteiger partial charge in [0.2, 0.25) is 5.88 Å². The molecule has 1 aliphatic rings. The van der Waals surface area contributed by atoms with Crippen LogP contribution in [0.5, 0.6) is 5.88 Å². The fourth-order valence-electron chi connectivity index (χ4n) is 4.11. The molecule has 1 atom stereocenters. The van der Waals surface area contributed by atoms with Gasteiger partial charge in [0.25, 0.3) is 0 Å². The van der Waals surface area contributed by atoms with Crippen LogP contribution in [0.1, 0.15) is 17.3 Å². The predicted molar refractivity (Wildman–Crippen MR) is 118 cm³/mol. The van der Waals surface area contributed by atoms with Gasteiger partial charge in [-0.25, -0.2) is 9.50 Å². The Hall–Kier alpha value is -3.36. The molecule has 0 unspecified atom stereocenters. The van der Waals surface area contributed by atoms with E-state index in [-0.39, 0.29) is 6.04 Å². The Labute approximate surface area is 181 Å².